The molecule has 1 fully saturated rings. The Kier molecular flexibility index (Phi) is 15.5. The first kappa shape index (κ1) is 35.8. The number of carbonyl (C=O) groups excluding carboxylic acids is 1. The standard InChI is InChI=1S/C33H48N2O3S2.Li.H/c1-23-11-9-10-14-27(23)29-20-25(15-16-28(29)31(36)35-30(32(37)38)17-18-39-5)21-34-26(22-40-33(2,3)4)19-24-12-7-6-8-13-24;;/h9-11,14-16,20,24,26,30,34H,6-8,12-13,17-19,21-22H2,1-5H3,(H,35,36)(H,37,38);;. The molecule has 0 bridgehead atoms. The van der Waals surface area contributed by atoms with E-state index in [9.17, 15) is 14.7 Å². The molecule has 8 heteroatoms. The van der Waals surface area contributed by atoms with Crippen LogP contribution in [0.2, 0.25) is 0 Å². The minimum absolute atomic E-state index is 0. The maximum absolute atomic E-state index is 13.4. The third-order valence-electron chi connectivity index (χ3n) is 7.63. The molecule has 3 rings (SSSR count). The first-order valence-corrected chi connectivity index (χ1v) is 17.0. The predicted molar refractivity (Wildman–Crippen MR) is 180 cm³/mol. The minimum atomic E-state index is -1.00. The van der Waals surface area contributed by atoms with Gasteiger partial charge in [-0.2, -0.15) is 23.5 Å². The van der Waals surface area contributed by atoms with Crippen molar-refractivity contribution in [1.29, 1.82) is 0 Å². The van der Waals surface area contributed by atoms with E-state index in [1.165, 1.54) is 38.5 Å². The number of nitrogens with one attached hydrogen (secondary N) is 2. The molecule has 222 valence electrons. The third kappa shape index (κ3) is 12.0. The molecule has 0 radical (unpaired) electrons. The van der Waals surface area contributed by atoms with Gasteiger partial charge >= 0.3 is 24.8 Å². The molecule has 0 aromatic heterocycles. The number of benzene rings is 2. The molecule has 5 nitrogen and oxygen atoms in total. The van der Waals surface area contributed by atoms with E-state index >= 15 is 0 Å². The van der Waals surface area contributed by atoms with Gasteiger partial charge < -0.3 is 15.7 Å². The number of carboxylic acid groups (broad SMARTS) is 1. The second-order valence-electron chi connectivity index (χ2n) is 12.1. The van der Waals surface area contributed by atoms with Gasteiger partial charge in [0.1, 0.15) is 6.04 Å². The summed E-state index contributed by atoms with van der Waals surface area (Å²) >= 11 is 3.60. The van der Waals surface area contributed by atoms with Crippen LogP contribution in [0.5, 0.6) is 0 Å². The number of aryl methyl sites for hydroxylation is 1. The van der Waals surface area contributed by atoms with Crippen molar-refractivity contribution in [2.75, 3.05) is 17.8 Å². The van der Waals surface area contributed by atoms with Crippen molar-refractivity contribution in [2.24, 2.45) is 5.92 Å². The van der Waals surface area contributed by atoms with Gasteiger partial charge in [-0.15, -0.1) is 0 Å². The molecule has 41 heavy (non-hydrogen) atoms. The molecule has 0 heterocycles. The Morgan fingerprint density at radius 1 is 1.05 bits per heavy atom. The van der Waals surface area contributed by atoms with E-state index in [0.717, 1.165) is 40.5 Å². The molecule has 1 aliphatic rings. The molecule has 1 aliphatic carbocycles. The Morgan fingerprint density at radius 2 is 1.76 bits per heavy atom. The third-order valence-corrected chi connectivity index (χ3v) is 9.71. The quantitative estimate of drug-likeness (QED) is 0.207. The molecule has 2 atom stereocenters. The molecule has 1 amide bonds. The summed E-state index contributed by atoms with van der Waals surface area (Å²) in [6.07, 6.45) is 10.3. The zero-order valence-electron chi connectivity index (χ0n) is 24.9. The number of hydrogen-bond donors (Lipinski definition) is 3. The van der Waals surface area contributed by atoms with Gasteiger partial charge in [-0.25, -0.2) is 4.79 Å². The van der Waals surface area contributed by atoms with E-state index in [2.05, 4.69) is 37.5 Å². The van der Waals surface area contributed by atoms with Gasteiger partial charge in [-0.05, 0) is 72.1 Å². The van der Waals surface area contributed by atoms with E-state index < -0.39 is 12.0 Å². The number of carbonyl (C=O) groups is 2. The second-order valence-corrected chi connectivity index (χ2v) is 14.9. The van der Waals surface area contributed by atoms with Crippen molar-refractivity contribution in [1.82, 2.24) is 10.6 Å². The number of aliphatic carboxylic acids is 1. The fourth-order valence-electron chi connectivity index (χ4n) is 5.37. The first-order chi connectivity index (χ1) is 19.1. The second kappa shape index (κ2) is 17.7. The summed E-state index contributed by atoms with van der Waals surface area (Å²) in [5.41, 5.74) is 4.55. The topological polar surface area (TPSA) is 78.4 Å². The summed E-state index contributed by atoms with van der Waals surface area (Å²) < 4.78 is 0.225. The van der Waals surface area contributed by atoms with Crippen molar-refractivity contribution in [2.45, 2.75) is 96.0 Å². The molecular formula is C33H49LiN2O3S2. The molecule has 2 aromatic rings. The van der Waals surface area contributed by atoms with Gasteiger partial charge in [-0.3, -0.25) is 4.79 Å². The zero-order valence-corrected chi connectivity index (χ0v) is 26.6. The predicted octanol–water partition coefficient (Wildman–Crippen LogP) is 6.91. The van der Waals surface area contributed by atoms with Gasteiger partial charge in [0.25, 0.3) is 5.91 Å². The summed E-state index contributed by atoms with van der Waals surface area (Å²) in [6.45, 7) is 9.62. The maximum atomic E-state index is 13.4. The summed E-state index contributed by atoms with van der Waals surface area (Å²) in [7, 11) is 0. The van der Waals surface area contributed by atoms with Gasteiger partial charge in [0.05, 0.1) is 0 Å². The number of rotatable bonds is 14. The summed E-state index contributed by atoms with van der Waals surface area (Å²) in [5, 5.41) is 16.3. The van der Waals surface area contributed by atoms with Crippen molar-refractivity contribution >= 4 is 54.3 Å². The Morgan fingerprint density at radius 3 is 2.39 bits per heavy atom. The summed E-state index contributed by atoms with van der Waals surface area (Å²) in [5.74, 6) is 1.20. The molecule has 3 N–H and O–H groups in total. The Bertz CT molecular complexity index is 1120. The van der Waals surface area contributed by atoms with Crippen LogP contribution in [-0.2, 0) is 11.3 Å². The Balaban J connectivity index is 0.00000588. The molecule has 0 aliphatic heterocycles. The Labute approximate surface area is 268 Å². The number of amides is 1. The van der Waals surface area contributed by atoms with Crippen LogP contribution >= 0.6 is 23.5 Å². The molecule has 2 aromatic carbocycles. The molecule has 2 unspecified atom stereocenters. The van der Waals surface area contributed by atoms with Crippen molar-refractivity contribution < 1.29 is 14.7 Å². The summed E-state index contributed by atoms with van der Waals surface area (Å²) in [6, 6.07) is 13.6. The van der Waals surface area contributed by atoms with E-state index in [4.69, 9.17) is 0 Å². The van der Waals surface area contributed by atoms with E-state index in [1.807, 2.05) is 61.3 Å². The number of thioether (sulfide) groups is 2. The summed E-state index contributed by atoms with van der Waals surface area (Å²) in [4.78, 5) is 25.2. The van der Waals surface area contributed by atoms with Crippen molar-refractivity contribution in [3.05, 3.63) is 59.2 Å². The van der Waals surface area contributed by atoms with Crippen LogP contribution in [0.3, 0.4) is 0 Å². The van der Waals surface area contributed by atoms with E-state index in [1.54, 1.807) is 11.8 Å². The number of carboxylic acids is 1. The van der Waals surface area contributed by atoms with Crippen LogP contribution in [0, 0.1) is 12.8 Å². The first-order valence-electron chi connectivity index (χ1n) is 14.7. The monoisotopic (exact) mass is 592 g/mol. The number of hydrogen-bond acceptors (Lipinski definition) is 5. The zero-order chi connectivity index (χ0) is 29.1. The molecule has 1 saturated carbocycles. The van der Waals surface area contributed by atoms with E-state index in [0.29, 0.717) is 23.8 Å². The SMILES string of the molecule is CSCCC(NC(=O)c1ccc(CNC(CSC(C)(C)C)CC2CCCCC2)cc1-c1ccccc1C)C(=O)O.[LiH]. The Hall–Kier alpha value is -1.36. The van der Waals surface area contributed by atoms with Crippen molar-refractivity contribution in [3.63, 3.8) is 0 Å². The van der Waals surface area contributed by atoms with Gasteiger partial charge in [0.2, 0.25) is 0 Å². The fourth-order valence-corrected chi connectivity index (χ4v) is 6.80. The normalized spacial score (nSPS) is 15.5. The molecule has 0 spiro atoms. The average Bonchev–Trinajstić information content (AvgIpc) is 2.92. The molecule has 0 saturated heterocycles. The van der Waals surface area contributed by atoms with E-state index in [-0.39, 0.29) is 29.5 Å². The van der Waals surface area contributed by atoms with Gasteiger partial charge in [0.15, 0.2) is 0 Å². The van der Waals surface area contributed by atoms with Gasteiger partial charge in [-0.1, -0.05) is 83.2 Å². The van der Waals surface area contributed by atoms with Crippen LogP contribution in [0.4, 0.5) is 0 Å². The molecular weight excluding hydrogens is 543 g/mol. The van der Waals surface area contributed by atoms with Crippen molar-refractivity contribution in [3.8, 4) is 11.1 Å². The van der Waals surface area contributed by atoms with Crippen LogP contribution in [0.25, 0.3) is 11.1 Å². The van der Waals surface area contributed by atoms with Gasteiger partial charge in [0, 0.05) is 28.6 Å². The van der Waals surface area contributed by atoms with Crippen LogP contribution in [0.15, 0.2) is 42.5 Å². The van der Waals surface area contributed by atoms with Crippen LogP contribution in [0.1, 0.15) is 87.2 Å². The average molecular weight is 593 g/mol. The van der Waals surface area contributed by atoms with Crippen LogP contribution < -0.4 is 10.6 Å². The fraction of sp³-hybridized carbons (Fsp3) is 0.576. The van der Waals surface area contributed by atoms with Crippen LogP contribution in [-0.4, -0.2) is 70.4 Å².